The third-order valence-electron chi connectivity index (χ3n) is 1.85. The van der Waals surface area contributed by atoms with Crippen LogP contribution in [0.1, 0.15) is 5.56 Å². The molecule has 3 N–H and O–H groups in total. The van der Waals surface area contributed by atoms with Crippen molar-refractivity contribution in [1.29, 1.82) is 0 Å². The third-order valence-corrected chi connectivity index (χ3v) is 2.43. The first-order valence-electron chi connectivity index (χ1n) is 4.69. The van der Waals surface area contributed by atoms with E-state index in [9.17, 15) is 14.7 Å². The fourth-order valence-electron chi connectivity index (χ4n) is 0.989. The number of hydrazone groups is 1. The molecule has 0 radical (unpaired) electrons. The van der Waals surface area contributed by atoms with Gasteiger partial charge in [-0.15, -0.1) is 0 Å². The number of carbonyl (C=O) groups excluding carboxylic acids is 2. The minimum atomic E-state index is -0.898. The molecule has 1 aromatic carbocycles. The number of nitrogens with one attached hydrogen (secondary N) is 2. The summed E-state index contributed by atoms with van der Waals surface area (Å²) in [7, 11) is 1.32. The molecule has 2 amide bonds. The van der Waals surface area contributed by atoms with Gasteiger partial charge in [0.05, 0.1) is 16.3 Å². The molecule has 0 saturated carbocycles. The van der Waals surface area contributed by atoms with Crippen LogP contribution in [-0.2, 0) is 9.59 Å². The molecule has 0 bridgehead atoms. The number of carbonyl (C=O) groups is 2. The Balaban J connectivity index is 2.74. The number of hydrogen-bond donors (Lipinski definition) is 3. The number of rotatable bonds is 2. The molecule has 8 heteroatoms. The summed E-state index contributed by atoms with van der Waals surface area (Å²) in [4.78, 5) is 21.9. The highest BCUT2D eigenvalue weighted by atomic mass is 35.5. The molecule has 0 fully saturated rings. The van der Waals surface area contributed by atoms with Crippen LogP contribution in [-0.4, -0.2) is 30.2 Å². The largest absolute Gasteiger partial charge is 0.505 e. The number of phenols is 1. The minimum Gasteiger partial charge on any atom is -0.505 e. The zero-order chi connectivity index (χ0) is 13.7. The molecule has 0 unspecified atom stereocenters. The van der Waals surface area contributed by atoms with Gasteiger partial charge in [0.25, 0.3) is 0 Å². The van der Waals surface area contributed by atoms with Crippen molar-refractivity contribution >= 4 is 41.2 Å². The summed E-state index contributed by atoms with van der Waals surface area (Å²) in [5.74, 6) is -1.94. The first-order chi connectivity index (χ1) is 8.45. The van der Waals surface area contributed by atoms with Gasteiger partial charge in [-0.1, -0.05) is 23.2 Å². The van der Waals surface area contributed by atoms with Gasteiger partial charge >= 0.3 is 11.8 Å². The van der Waals surface area contributed by atoms with E-state index in [1.807, 2.05) is 5.43 Å². The molecule has 0 aliphatic rings. The van der Waals surface area contributed by atoms with E-state index < -0.39 is 11.8 Å². The van der Waals surface area contributed by atoms with E-state index in [0.29, 0.717) is 5.56 Å². The number of nitrogens with zero attached hydrogens (tertiary/aromatic N) is 1. The molecule has 0 spiro atoms. The summed E-state index contributed by atoms with van der Waals surface area (Å²) >= 11 is 11.4. The standard InChI is InChI=1S/C10H9Cl2N3O3/c1-13-9(17)10(18)15-14-4-5-2-6(11)8(16)7(12)3-5/h2-4,16H,1H3,(H,13,17)(H,15,18)/b14-4+. The van der Waals surface area contributed by atoms with Crippen LogP contribution in [0.4, 0.5) is 0 Å². The van der Waals surface area contributed by atoms with Crippen LogP contribution < -0.4 is 10.7 Å². The third kappa shape index (κ3) is 3.61. The number of likely N-dealkylation sites (N-methyl/N-ethyl adjacent to an activating group) is 1. The molecule has 6 nitrogen and oxygen atoms in total. The van der Waals surface area contributed by atoms with Crippen LogP contribution in [0.2, 0.25) is 10.0 Å². The average molecular weight is 290 g/mol. The van der Waals surface area contributed by atoms with E-state index in [2.05, 4.69) is 10.4 Å². The number of benzene rings is 1. The number of aromatic hydroxyl groups is 1. The summed E-state index contributed by atoms with van der Waals surface area (Å²) in [6.07, 6.45) is 1.23. The lowest BCUT2D eigenvalue weighted by molar-refractivity contribution is -0.138. The van der Waals surface area contributed by atoms with Crippen molar-refractivity contribution in [2.75, 3.05) is 7.05 Å². The molecule has 96 valence electrons. The van der Waals surface area contributed by atoms with Crippen molar-refractivity contribution in [2.24, 2.45) is 5.10 Å². The first kappa shape index (κ1) is 14.3. The maximum absolute atomic E-state index is 11.0. The van der Waals surface area contributed by atoms with Crippen molar-refractivity contribution in [3.05, 3.63) is 27.7 Å². The SMILES string of the molecule is CNC(=O)C(=O)N/N=C/c1cc(Cl)c(O)c(Cl)c1. The van der Waals surface area contributed by atoms with E-state index in [-0.39, 0.29) is 15.8 Å². The van der Waals surface area contributed by atoms with E-state index in [1.165, 1.54) is 25.4 Å². The van der Waals surface area contributed by atoms with Gasteiger partial charge < -0.3 is 10.4 Å². The Morgan fingerprint density at radius 2 is 1.83 bits per heavy atom. The second-order valence-electron chi connectivity index (χ2n) is 3.11. The van der Waals surface area contributed by atoms with Gasteiger partial charge in [0.2, 0.25) is 0 Å². The van der Waals surface area contributed by atoms with Gasteiger partial charge in [-0.3, -0.25) is 9.59 Å². The van der Waals surface area contributed by atoms with Crippen molar-refractivity contribution < 1.29 is 14.7 Å². The van der Waals surface area contributed by atoms with Gasteiger partial charge in [0, 0.05) is 7.05 Å². The highest BCUT2D eigenvalue weighted by Crippen LogP contribution is 2.32. The van der Waals surface area contributed by atoms with Crippen molar-refractivity contribution in [3.63, 3.8) is 0 Å². The van der Waals surface area contributed by atoms with Crippen LogP contribution >= 0.6 is 23.2 Å². The van der Waals surface area contributed by atoms with Gasteiger partial charge in [0.15, 0.2) is 5.75 Å². The average Bonchev–Trinajstić information content (AvgIpc) is 2.34. The van der Waals surface area contributed by atoms with Crippen LogP contribution in [0.25, 0.3) is 0 Å². The lowest BCUT2D eigenvalue weighted by Gasteiger charge is -2.01. The highest BCUT2D eigenvalue weighted by molar-refractivity contribution is 6.37. The number of amides is 2. The minimum absolute atomic E-state index is 0.0570. The summed E-state index contributed by atoms with van der Waals surface area (Å²) in [5.41, 5.74) is 2.46. The molecule has 1 rings (SSSR count). The van der Waals surface area contributed by atoms with Gasteiger partial charge in [-0.05, 0) is 17.7 Å². The van der Waals surface area contributed by atoms with E-state index in [0.717, 1.165) is 0 Å². The fourth-order valence-corrected chi connectivity index (χ4v) is 1.49. The molecular formula is C10H9Cl2N3O3. The predicted molar refractivity (Wildman–Crippen MR) is 67.9 cm³/mol. The maximum atomic E-state index is 11.0. The number of phenolic OH excluding ortho intramolecular Hbond substituents is 1. The summed E-state index contributed by atoms with van der Waals surface area (Å²) in [6.45, 7) is 0. The molecule has 0 aliphatic heterocycles. The molecule has 0 aliphatic carbocycles. The fraction of sp³-hybridized carbons (Fsp3) is 0.100. The summed E-state index contributed by atoms with van der Waals surface area (Å²) in [5, 5.41) is 15.1. The number of halogens is 2. The molecule has 0 aromatic heterocycles. The van der Waals surface area contributed by atoms with Crippen molar-refractivity contribution in [3.8, 4) is 5.75 Å². The van der Waals surface area contributed by atoms with Gasteiger partial charge in [-0.2, -0.15) is 5.10 Å². The summed E-state index contributed by atoms with van der Waals surface area (Å²) < 4.78 is 0. The smallest absolute Gasteiger partial charge is 0.329 e. The van der Waals surface area contributed by atoms with Crippen LogP contribution in [0.5, 0.6) is 5.75 Å². The Labute approximate surface area is 113 Å². The van der Waals surface area contributed by atoms with Crippen molar-refractivity contribution in [1.82, 2.24) is 10.7 Å². The van der Waals surface area contributed by atoms with Gasteiger partial charge in [0.1, 0.15) is 0 Å². The topological polar surface area (TPSA) is 90.8 Å². The monoisotopic (exact) mass is 289 g/mol. The zero-order valence-electron chi connectivity index (χ0n) is 9.20. The second kappa shape index (κ2) is 6.23. The number of hydrogen-bond acceptors (Lipinski definition) is 4. The second-order valence-corrected chi connectivity index (χ2v) is 3.93. The molecule has 0 atom stereocenters. The normalized spacial score (nSPS) is 10.4. The van der Waals surface area contributed by atoms with E-state index >= 15 is 0 Å². The lowest BCUT2D eigenvalue weighted by atomic mass is 10.2. The van der Waals surface area contributed by atoms with Crippen LogP contribution in [0, 0.1) is 0 Å². The quantitative estimate of drug-likeness (QED) is 0.429. The first-order valence-corrected chi connectivity index (χ1v) is 5.44. The Morgan fingerprint density at radius 3 is 2.33 bits per heavy atom. The Morgan fingerprint density at radius 1 is 1.28 bits per heavy atom. The highest BCUT2D eigenvalue weighted by Gasteiger charge is 2.09. The van der Waals surface area contributed by atoms with Crippen LogP contribution in [0.3, 0.4) is 0 Å². The lowest BCUT2D eigenvalue weighted by Crippen LogP contribution is -2.35. The molecule has 0 saturated heterocycles. The zero-order valence-corrected chi connectivity index (χ0v) is 10.7. The van der Waals surface area contributed by atoms with Gasteiger partial charge in [-0.25, -0.2) is 5.43 Å². The van der Waals surface area contributed by atoms with Crippen molar-refractivity contribution in [2.45, 2.75) is 0 Å². The van der Waals surface area contributed by atoms with Crippen LogP contribution in [0.15, 0.2) is 17.2 Å². The maximum Gasteiger partial charge on any atom is 0.329 e. The molecule has 0 heterocycles. The molecule has 18 heavy (non-hydrogen) atoms. The molecule has 1 aromatic rings. The van der Waals surface area contributed by atoms with E-state index in [4.69, 9.17) is 23.2 Å². The summed E-state index contributed by atoms with van der Waals surface area (Å²) in [6, 6.07) is 2.80. The predicted octanol–water partition coefficient (Wildman–Crippen LogP) is 0.895. The molecular weight excluding hydrogens is 281 g/mol. The Kier molecular flexibility index (Phi) is 4.94. The Hall–Kier alpha value is -1.79. The van der Waals surface area contributed by atoms with E-state index in [1.54, 1.807) is 0 Å². The Bertz CT molecular complexity index is 494.